The summed E-state index contributed by atoms with van der Waals surface area (Å²) < 4.78 is 13.0. The second kappa shape index (κ2) is 5.44. The van der Waals surface area contributed by atoms with Crippen LogP contribution in [0.25, 0.3) is 0 Å². The number of anilines is 1. The van der Waals surface area contributed by atoms with Crippen molar-refractivity contribution in [2.45, 2.75) is 18.9 Å². The van der Waals surface area contributed by atoms with Crippen molar-refractivity contribution in [2.24, 2.45) is 5.73 Å². The van der Waals surface area contributed by atoms with E-state index in [1.807, 2.05) is 0 Å². The van der Waals surface area contributed by atoms with E-state index in [1.54, 1.807) is 17.0 Å². The molecule has 0 atom stereocenters. The topological polar surface area (TPSA) is 58.4 Å². The number of halogens is 2. The average molecular weight is 272 g/mol. The summed E-state index contributed by atoms with van der Waals surface area (Å²) in [6.07, 6.45) is 1.63. The van der Waals surface area contributed by atoms with Gasteiger partial charge in [0.2, 0.25) is 0 Å². The van der Waals surface area contributed by atoms with E-state index in [0.29, 0.717) is 13.1 Å². The number of carbonyl (C=O) groups is 1. The molecule has 98 valence electrons. The van der Waals surface area contributed by atoms with E-state index in [1.165, 1.54) is 6.07 Å². The maximum absolute atomic E-state index is 13.0. The first-order valence-electron chi connectivity index (χ1n) is 5.82. The number of carbonyl (C=O) groups excluding carboxylic acids is 1. The van der Waals surface area contributed by atoms with E-state index in [0.717, 1.165) is 18.5 Å². The van der Waals surface area contributed by atoms with Crippen LogP contribution in [0.4, 0.5) is 14.9 Å². The van der Waals surface area contributed by atoms with E-state index in [2.05, 4.69) is 5.32 Å². The standard InChI is InChI=1S/C12H15ClFN3O/c13-10-7-9(1-2-11(10)14)16-8-3-5-17(6-4-8)12(15)18/h1-2,7-8,16H,3-6H2,(H2,15,18). The van der Waals surface area contributed by atoms with Gasteiger partial charge in [0.1, 0.15) is 5.82 Å². The van der Waals surface area contributed by atoms with E-state index in [4.69, 9.17) is 17.3 Å². The van der Waals surface area contributed by atoms with Crippen molar-refractivity contribution in [3.63, 3.8) is 0 Å². The molecule has 6 heteroatoms. The van der Waals surface area contributed by atoms with E-state index in [9.17, 15) is 9.18 Å². The van der Waals surface area contributed by atoms with Gasteiger partial charge in [0, 0.05) is 24.8 Å². The molecular weight excluding hydrogens is 257 g/mol. The zero-order valence-electron chi connectivity index (χ0n) is 9.83. The third-order valence-corrected chi connectivity index (χ3v) is 3.39. The summed E-state index contributed by atoms with van der Waals surface area (Å²) in [6, 6.07) is 4.43. The Kier molecular flexibility index (Phi) is 3.91. The molecule has 1 fully saturated rings. The van der Waals surface area contributed by atoms with Crippen LogP contribution in [0.3, 0.4) is 0 Å². The number of rotatable bonds is 2. The minimum Gasteiger partial charge on any atom is -0.382 e. The number of nitrogens with zero attached hydrogens (tertiary/aromatic N) is 1. The lowest BCUT2D eigenvalue weighted by atomic mass is 10.0. The van der Waals surface area contributed by atoms with E-state index < -0.39 is 5.82 Å². The molecule has 4 nitrogen and oxygen atoms in total. The Bertz CT molecular complexity index is 447. The Morgan fingerprint density at radius 3 is 2.67 bits per heavy atom. The predicted octanol–water partition coefficient (Wildman–Crippen LogP) is 2.43. The van der Waals surface area contributed by atoms with Gasteiger partial charge in [-0.2, -0.15) is 0 Å². The molecule has 2 amide bonds. The van der Waals surface area contributed by atoms with Gasteiger partial charge in [-0.3, -0.25) is 0 Å². The van der Waals surface area contributed by atoms with Crippen LogP contribution in [0, 0.1) is 5.82 Å². The van der Waals surface area contributed by atoms with Gasteiger partial charge in [0.25, 0.3) is 0 Å². The molecule has 2 rings (SSSR count). The Labute approximate surface area is 110 Å². The largest absolute Gasteiger partial charge is 0.382 e. The van der Waals surface area contributed by atoms with Crippen LogP contribution in [-0.4, -0.2) is 30.1 Å². The van der Waals surface area contributed by atoms with Crippen molar-refractivity contribution in [2.75, 3.05) is 18.4 Å². The number of piperidine rings is 1. The molecular formula is C12H15ClFN3O. The van der Waals surface area contributed by atoms with Gasteiger partial charge < -0.3 is 16.0 Å². The normalized spacial score (nSPS) is 16.7. The van der Waals surface area contributed by atoms with Crippen molar-refractivity contribution in [3.8, 4) is 0 Å². The fourth-order valence-corrected chi connectivity index (χ4v) is 2.25. The van der Waals surface area contributed by atoms with Crippen molar-refractivity contribution in [3.05, 3.63) is 29.0 Å². The molecule has 0 unspecified atom stereocenters. The highest BCUT2D eigenvalue weighted by Crippen LogP contribution is 2.22. The molecule has 0 aromatic heterocycles. The van der Waals surface area contributed by atoms with Gasteiger partial charge in [0.15, 0.2) is 0 Å². The van der Waals surface area contributed by atoms with Crippen molar-refractivity contribution >= 4 is 23.3 Å². The van der Waals surface area contributed by atoms with Gasteiger partial charge in [0.05, 0.1) is 5.02 Å². The first-order chi connectivity index (χ1) is 8.56. The Hall–Kier alpha value is -1.49. The van der Waals surface area contributed by atoms with Crippen LogP contribution in [0.2, 0.25) is 5.02 Å². The minimum absolute atomic E-state index is 0.106. The summed E-state index contributed by atoms with van der Waals surface area (Å²) in [7, 11) is 0. The Balaban J connectivity index is 1.91. The average Bonchev–Trinajstić information content (AvgIpc) is 2.34. The number of amides is 2. The highest BCUT2D eigenvalue weighted by atomic mass is 35.5. The minimum atomic E-state index is -0.425. The van der Waals surface area contributed by atoms with Crippen LogP contribution in [0.5, 0.6) is 0 Å². The Morgan fingerprint density at radius 2 is 2.11 bits per heavy atom. The lowest BCUT2D eigenvalue weighted by Gasteiger charge is -2.31. The summed E-state index contributed by atoms with van der Waals surface area (Å²) in [5, 5.41) is 3.38. The lowest BCUT2D eigenvalue weighted by Crippen LogP contribution is -2.44. The number of likely N-dealkylation sites (tertiary alicyclic amines) is 1. The van der Waals surface area contributed by atoms with Crippen molar-refractivity contribution in [1.82, 2.24) is 4.90 Å². The van der Waals surface area contributed by atoms with Gasteiger partial charge >= 0.3 is 6.03 Å². The summed E-state index contributed by atoms with van der Waals surface area (Å²) in [5.74, 6) is -0.425. The summed E-state index contributed by atoms with van der Waals surface area (Å²) in [6.45, 7) is 1.28. The SMILES string of the molecule is NC(=O)N1CCC(Nc2ccc(F)c(Cl)c2)CC1. The van der Waals surface area contributed by atoms with Crippen LogP contribution in [0.15, 0.2) is 18.2 Å². The maximum Gasteiger partial charge on any atom is 0.314 e. The van der Waals surface area contributed by atoms with Crippen LogP contribution in [-0.2, 0) is 0 Å². The number of primary amides is 1. The number of nitrogens with two attached hydrogens (primary N) is 1. The number of benzene rings is 1. The highest BCUT2D eigenvalue weighted by Gasteiger charge is 2.21. The van der Waals surface area contributed by atoms with Crippen LogP contribution < -0.4 is 11.1 Å². The quantitative estimate of drug-likeness (QED) is 0.868. The number of nitrogens with one attached hydrogen (secondary N) is 1. The van der Waals surface area contributed by atoms with Gasteiger partial charge in [-0.15, -0.1) is 0 Å². The smallest absolute Gasteiger partial charge is 0.314 e. The molecule has 1 aliphatic heterocycles. The van der Waals surface area contributed by atoms with E-state index >= 15 is 0 Å². The summed E-state index contributed by atoms with van der Waals surface area (Å²) in [5.41, 5.74) is 6.00. The van der Waals surface area contributed by atoms with Gasteiger partial charge in [-0.25, -0.2) is 9.18 Å². The second-order valence-corrected chi connectivity index (χ2v) is 4.78. The van der Waals surface area contributed by atoms with Gasteiger partial charge in [-0.1, -0.05) is 11.6 Å². The summed E-state index contributed by atoms with van der Waals surface area (Å²) >= 11 is 5.71. The zero-order valence-corrected chi connectivity index (χ0v) is 10.6. The predicted molar refractivity (Wildman–Crippen MR) is 69.2 cm³/mol. The van der Waals surface area contributed by atoms with E-state index in [-0.39, 0.29) is 17.1 Å². The third kappa shape index (κ3) is 3.04. The fraction of sp³-hybridized carbons (Fsp3) is 0.417. The summed E-state index contributed by atoms with van der Waals surface area (Å²) in [4.78, 5) is 12.6. The monoisotopic (exact) mass is 271 g/mol. The molecule has 0 bridgehead atoms. The van der Waals surface area contributed by atoms with Gasteiger partial charge in [-0.05, 0) is 31.0 Å². The first-order valence-corrected chi connectivity index (χ1v) is 6.20. The molecule has 0 spiro atoms. The zero-order chi connectivity index (χ0) is 13.1. The lowest BCUT2D eigenvalue weighted by molar-refractivity contribution is 0.193. The molecule has 1 saturated heterocycles. The number of urea groups is 1. The molecule has 3 N–H and O–H groups in total. The molecule has 1 aliphatic rings. The first kappa shape index (κ1) is 13.0. The Morgan fingerprint density at radius 1 is 1.44 bits per heavy atom. The highest BCUT2D eigenvalue weighted by molar-refractivity contribution is 6.31. The molecule has 1 heterocycles. The maximum atomic E-state index is 13.0. The molecule has 0 saturated carbocycles. The molecule has 1 aromatic carbocycles. The van der Waals surface area contributed by atoms with Crippen LogP contribution in [0.1, 0.15) is 12.8 Å². The van der Waals surface area contributed by atoms with Crippen molar-refractivity contribution < 1.29 is 9.18 Å². The van der Waals surface area contributed by atoms with Crippen LogP contribution >= 0.6 is 11.6 Å². The number of hydrogen-bond acceptors (Lipinski definition) is 2. The number of hydrogen-bond donors (Lipinski definition) is 2. The second-order valence-electron chi connectivity index (χ2n) is 4.37. The van der Waals surface area contributed by atoms with Crippen molar-refractivity contribution in [1.29, 1.82) is 0 Å². The molecule has 18 heavy (non-hydrogen) atoms. The third-order valence-electron chi connectivity index (χ3n) is 3.10. The molecule has 0 radical (unpaired) electrons. The molecule has 1 aromatic rings. The molecule has 0 aliphatic carbocycles. The fourth-order valence-electron chi connectivity index (χ4n) is 2.07.